The Kier molecular flexibility index (Phi) is 4.49. The van der Waals surface area contributed by atoms with E-state index in [1.807, 2.05) is 6.92 Å². The first kappa shape index (κ1) is 15.1. The lowest BCUT2D eigenvalue weighted by Crippen LogP contribution is -2.57. The molecule has 0 aromatic rings. The van der Waals surface area contributed by atoms with Gasteiger partial charge in [-0.15, -0.1) is 0 Å². The summed E-state index contributed by atoms with van der Waals surface area (Å²) in [4.78, 5) is 26.7. The average molecular weight is 286 g/mol. The molecule has 2 saturated heterocycles. The molecule has 7 nitrogen and oxygen atoms in total. The van der Waals surface area contributed by atoms with Crippen molar-refractivity contribution in [2.45, 2.75) is 31.5 Å². The van der Waals surface area contributed by atoms with Gasteiger partial charge in [0.15, 0.2) is 6.10 Å². The van der Waals surface area contributed by atoms with Crippen molar-refractivity contribution >= 4 is 12.0 Å². The standard InChI is InChI=1S/C13H22N2O5/c1-13(19-2)4-3-5-15(9-13)12(18)14-6-7-20-10(8-14)11(16)17/h10H,3-9H2,1-2H3,(H,16,17). The largest absolute Gasteiger partial charge is 0.479 e. The molecule has 0 saturated carbocycles. The molecule has 0 aliphatic carbocycles. The number of rotatable bonds is 2. The zero-order valence-electron chi connectivity index (χ0n) is 12.0. The molecule has 0 radical (unpaired) electrons. The number of carboxylic acid groups (broad SMARTS) is 1. The summed E-state index contributed by atoms with van der Waals surface area (Å²) in [6, 6.07) is -0.123. The number of urea groups is 1. The Bertz CT molecular complexity index is 389. The van der Waals surface area contributed by atoms with E-state index in [-0.39, 0.29) is 24.8 Å². The molecule has 2 heterocycles. The monoisotopic (exact) mass is 286 g/mol. The highest BCUT2D eigenvalue weighted by Gasteiger charge is 2.37. The minimum Gasteiger partial charge on any atom is -0.479 e. The van der Waals surface area contributed by atoms with Crippen molar-refractivity contribution in [1.82, 2.24) is 9.80 Å². The predicted octanol–water partition coefficient (Wildman–Crippen LogP) is 0.393. The smallest absolute Gasteiger partial charge is 0.334 e. The van der Waals surface area contributed by atoms with Crippen molar-refractivity contribution in [3.05, 3.63) is 0 Å². The lowest BCUT2D eigenvalue weighted by molar-refractivity contribution is -0.154. The van der Waals surface area contributed by atoms with Gasteiger partial charge in [0.1, 0.15) is 0 Å². The topological polar surface area (TPSA) is 79.3 Å². The van der Waals surface area contributed by atoms with Crippen LogP contribution in [0.25, 0.3) is 0 Å². The number of morpholine rings is 1. The molecule has 0 spiro atoms. The van der Waals surface area contributed by atoms with E-state index in [0.717, 1.165) is 12.8 Å². The lowest BCUT2D eigenvalue weighted by Gasteiger charge is -2.42. The predicted molar refractivity (Wildman–Crippen MR) is 70.6 cm³/mol. The quantitative estimate of drug-likeness (QED) is 0.794. The number of piperidine rings is 1. The van der Waals surface area contributed by atoms with Crippen molar-refractivity contribution in [3.63, 3.8) is 0 Å². The Hall–Kier alpha value is -1.34. The minimum atomic E-state index is -1.03. The molecule has 20 heavy (non-hydrogen) atoms. The van der Waals surface area contributed by atoms with E-state index in [9.17, 15) is 9.59 Å². The molecular weight excluding hydrogens is 264 g/mol. The van der Waals surface area contributed by atoms with Crippen molar-refractivity contribution in [2.24, 2.45) is 0 Å². The van der Waals surface area contributed by atoms with Gasteiger partial charge < -0.3 is 24.4 Å². The maximum absolute atomic E-state index is 12.5. The molecule has 2 amide bonds. The number of methoxy groups -OCH3 is 1. The summed E-state index contributed by atoms with van der Waals surface area (Å²) in [5, 5.41) is 8.97. The fourth-order valence-electron chi connectivity index (χ4n) is 2.71. The molecule has 114 valence electrons. The molecule has 2 unspecified atom stereocenters. The molecule has 0 bridgehead atoms. The summed E-state index contributed by atoms with van der Waals surface area (Å²) >= 11 is 0. The molecule has 2 atom stereocenters. The molecule has 7 heteroatoms. The minimum absolute atomic E-state index is 0.106. The van der Waals surface area contributed by atoms with E-state index in [2.05, 4.69) is 0 Å². The molecule has 2 aliphatic heterocycles. The summed E-state index contributed by atoms with van der Waals surface area (Å²) < 4.78 is 10.6. The van der Waals surface area contributed by atoms with Gasteiger partial charge in [0.05, 0.1) is 25.3 Å². The summed E-state index contributed by atoms with van der Waals surface area (Å²) in [5.74, 6) is -1.03. The third kappa shape index (κ3) is 3.21. The SMILES string of the molecule is COC1(C)CCCN(C(=O)N2CCOC(C(=O)O)C2)C1. The van der Waals surface area contributed by atoms with Crippen LogP contribution >= 0.6 is 0 Å². The first-order valence-corrected chi connectivity index (χ1v) is 6.88. The number of aliphatic carboxylic acids is 1. The van der Waals surface area contributed by atoms with Crippen molar-refractivity contribution in [3.8, 4) is 0 Å². The van der Waals surface area contributed by atoms with Gasteiger partial charge in [-0.3, -0.25) is 0 Å². The first-order valence-electron chi connectivity index (χ1n) is 6.88. The number of ether oxygens (including phenoxy) is 2. The number of carbonyl (C=O) groups is 2. The maximum atomic E-state index is 12.5. The number of likely N-dealkylation sites (tertiary alicyclic amines) is 1. The molecule has 0 aromatic heterocycles. The Morgan fingerprint density at radius 1 is 1.35 bits per heavy atom. The fourth-order valence-corrected chi connectivity index (χ4v) is 2.71. The molecular formula is C13H22N2O5. The molecule has 2 fully saturated rings. The van der Waals surface area contributed by atoms with E-state index in [0.29, 0.717) is 19.6 Å². The van der Waals surface area contributed by atoms with Crippen molar-refractivity contribution < 1.29 is 24.2 Å². The average Bonchev–Trinajstić information content (AvgIpc) is 2.46. The first-order chi connectivity index (χ1) is 9.45. The highest BCUT2D eigenvalue weighted by molar-refractivity contribution is 5.77. The zero-order valence-corrected chi connectivity index (χ0v) is 12.0. The van der Waals surface area contributed by atoms with E-state index >= 15 is 0 Å². The zero-order chi connectivity index (χ0) is 14.8. The Labute approximate surface area is 118 Å². The van der Waals surface area contributed by atoms with Crippen LogP contribution in [0.1, 0.15) is 19.8 Å². The number of nitrogens with zero attached hydrogens (tertiary/aromatic N) is 2. The molecule has 0 aromatic carbocycles. The van der Waals surface area contributed by atoms with Crippen molar-refractivity contribution in [2.75, 3.05) is 39.9 Å². The van der Waals surface area contributed by atoms with Crippen LogP contribution in [0.5, 0.6) is 0 Å². The molecule has 1 N–H and O–H groups in total. The lowest BCUT2D eigenvalue weighted by atomic mass is 9.95. The van der Waals surface area contributed by atoms with Gasteiger partial charge in [0.25, 0.3) is 0 Å². The van der Waals surface area contributed by atoms with E-state index in [1.54, 1.807) is 16.9 Å². The Morgan fingerprint density at radius 3 is 2.75 bits per heavy atom. The third-order valence-corrected chi connectivity index (χ3v) is 4.03. The van der Waals surface area contributed by atoms with Crippen LogP contribution in [0, 0.1) is 0 Å². The maximum Gasteiger partial charge on any atom is 0.334 e. The fraction of sp³-hybridized carbons (Fsp3) is 0.846. The van der Waals surface area contributed by atoms with Gasteiger partial charge in [0.2, 0.25) is 0 Å². The Balaban J connectivity index is 1.98. The van der Waals surface area contributed by atoms with Crippen LogP contribution in [0.4, 0.5) is 4.79 Å². The second-order valence-electron chi connectivity index (χ2n) is 5.61. The van der Waals surface area contributed by atoms with Crippen molar-refractivity contribution in [1.29, 1.82) is 0 Å². The summed E-state index contributed by atoms with van der Waals surface area (Å²) in [6.45, 7) is 4.02. The number of hydrogen-bond donors (Lipinski definition) is 1. The van der Waals surface area contributed by atoms with Crippen LogP contribution < -0.4 is 0 Å². The normalized spacial score (nSPS) is 31.2. The van der Waals surface area contributed by atoms with Gasteiger partial charge in [0, 0.05) is 20.2 Å². The van der Waals surface area contributed by atoms with Crippen LogP contribution in [0.2, 0.25) is 0 Å². The number of carbonyl (C=O) groups excluding carboxylic acids is 1. The number of amides is 2. The van der Waals surface area contributed by atoms with Crippen LogP contribution in [0.3, 0.4) is 0 Å². The highest BCUT2D eigenvalue weighted by Crippen LogP contribution is 2.25. The van der Waals surface area contributed by atoms with Crippen LogP contribution in [-0.2, 0) is 14.3 Å². The van der Waals surface area contributed by atoms with Gasteiger partial charge in [-0.25, -0.2) is 9.59 Å². The third-order valence-electron chi connectivity index (χ3n) is 4.03. The van der Waals surface area contributed by atoms with E-state index in [4.69, 9.17) is 14.6 Å². The van der Waals surface area contributed by atoms with E-state index < -0.39 is 12.1 Å². The Morgan fingerprint density at radius 2 is 2.10 bits per heavy atom. The van der Waals surface area contributed by atoms with E-state index in [1.165, 1.54) is 0 Å². The molecule has 2 rings (SSSR count). The summed E-state index contributed by atoms with van der Waals surface area (Å²) in [7, 11) is 1.66. The van der Waals surface area contributed by atoms with Crippen LogP contribution in [0.15, 0.2) is 0 Å². The number of hydrogen-bond acceptors (Lipinski definition) is 4. The second-order valence-corrected chi connectivity index (χ2v) is 5.61. The highest BCUT2D eigenvalue weighted by atomic mass is 16.5. The molecule has 2 aliphatic rings. The second kappa shape index (κ2) is 5.97. The van der Waals surface area contributed by atoms with Crippen LogP contribution in [-0.4, -0.2) is 78.5 Å². The van der Waals surface area contributed by atoms with Gasteiger partial charge in [-0.1, -0.05) is 0 Å². The van der Waals surface area contributed by atoms with Gasteiger partial charge >= 0.3 is 12.0 Å². The number of carboxylic acids is 1. The summed E-state index contributed by atoms with van der Waals surface area (Å²) in [6.07, 6.45) is 0.892. The summed E-state index contributed by atoms with van der Waals surface area (Å²) in [5.41, 5.74) is -0.313. The van der Waals surface area contributed by atoms with Gasteiger partial charge in [-0.2, -0.15) is 0 Å². The van der Waals surface area contributed by atoms with Gasteiger partial charge in [-0.05, 0) is 19.8 Å².